The van der Waals surface area contributed by atoms with E-state index in [4.69, 9.17) is 19.6 Å². The Kier molecular flexibility index (Phi) is 7.81. The number of carboxylic acids is 1. The van der Waals surface area contributed by atoms with Crippen LogP contribution in [0, 0.1) is 5.92 Å². The van der Waals surface area contributed by atoms with Crippen LogP contribution in [-0.2, 0) is 17.6 Å². The first kappa shape index (κ1) is 26.4. The number of imidazole rings is 1. The number of rotatable bonds is 10. The number of aromatic nitrogens is 2. The first-order valence-electron chi connectivity index (χ1n) is 14.0. The van der Waals surface area contributed by atoms with Crippen LogP contribution >= 0.6 is 0 Å². The smallest absolute Gasteiger partial charge is 0.341 e. The number of carbonyl (C=O) groups is 1. The zero-order valence-electron chi connectivity index (χ0n) is 22.8. The number of carboxylic acid groups (broad SMARTS) is 1. The predicted molar refractivity (Wildman–Crippen MR) is 160 cm³/mol. The minimum Gasteiger partial charge on any atom is -0.482 e. The average Bonchev–Trinajstić information content (AvgIpc) is 3.40. The lowest BCUT2D eigenvalue weighted by molar-refractivity contribution is -0.139. The maximum Gasteiger partial charge on any atom is 0.341 e. The van der Waals surface area contributed by atoms with Gasteiger partial charge in [0.2, 0.25) is 0 Å². The standard InChI is InChI=1S/C35H32N2O4/c38-32(39)24-41-31-18-10-15-28-23-25(19-20-30(28)31)21-22-40-35-36-33(26-11-4-1-5-12-26)34(27-13-6-2-7-14-27)37(35)29-16-8-3-9-17-29/h1-18,25H,19-24H2,(H,38,39). The van der Waals surface area contributed by atoms with Crippen LogP contribution in [0.3, 0.4) is 0 Å². The second-order valence-corrected chi connectivity index (χ2v) is 10.3. The Labute approximate surface area is 239 Å². The Hall–Kier alpha value is -4.84. The van der Waals surface area contributed by atoms with Gasteiger partial charge in [-0.1, -0.05) is 91.0 Å². The van der Waals surface area contributed by atoms with Crippen molar-refractivity contribution in [3.05, 3.63) is 120 Å². The van der Waals surface area contributed by atoms with Gasteiger partial charge in [0.15, 0.2) is 6.61 Å². The van der Waals surface area contributed by atoms with Gasteiger partial charge in [0, 0.05) is 11.1 Å². The Bertz CT molecular complexity index is 1610. The van der Waals surface area contributed by atoms with Crippen molar-refractivity contribution in [1.29, 1.82) is 0 Å². The lowest BCUT2D eigenvalue weighted by Gasteiger charge is -2.26. The summed E-state index contributed by atoms with van der Waals surface area (Å²) in [7, 11) is 0. The molecule has 0 spiro atoms. The third-order valence-electron chi connectivity index (χ3n) is 7.61. The van der Waals surface area contributed by atoms with Crippen molar-refractivity contribution in [1.82, 2.24) is 9.55 Å². The number of benzene rings is 4. The van der Waals surface area contributed by atoms with Gasteiger partial charge in [-0.2, -0.15) is 4.98 Å². The molecule has 1 aromatic heterocycles. The van der Waals surface area contributed by atoms with E-state index in [1.54, 1.807) is 0 Å². The minimum absolute atomic E-state index is 0.322. The topological polar surface area (TPSA) is 73.6 Å². The lowest BCUT2D eigenvalue weighted by atomic mass is 9.82. The van der Waals surface area contributed by atoms with E-state index in [2.05, 4.69) is 47.0 Å². The van der Waals surface area contributed by atoms with Gasteiger partial charge in [0.25, 0.3) is 0 Å². The van der Waals surface area contributed by atoms with Crippen LogP contribution in [0.4, 0.5) is 0 Å². The summed E-state index contributed by atoms with van der Waals surface area (Å²) < 4.78 is 14.2. The Morgan fingerprint density at radius 3 is 2.22 bits per heavy atom. The first-order valence-corrected chi connectivity index (χ1v) is 14.0. The largest absolute Gasteiger partial charge is 0.482 e. The van der Waals surface area contributed by atoms with Crippen LogP contribution in [0.5, 0.6) is 11.8 Å². The summed E-state index contributed by atoms with van der Waals surface area (Å²) in [6.07, 6.45) is 3.68. The summed E-state index contributed by atoms with van der Waals surface area (Å²) in [5.41, 5.74) is 7.35. The van der Waals surface area contributed by atoms with Crippen molar-refractivity contribution in [3.63, 3.8) is 0 Å². The van der Waals surface area contributed by atoms with Crippen LogP contribution < -0.4 is 9.47 Å². The summed E-state index contributed by atoms with van der Waals surface area (Å²) in [5, 5.41) is 9.01. The molecule has 1 N–H and O–H groups in total. The van der Waals surface area contributed by atoms with Gasteiger partial charge in [-0.15, -0.1) is 0 Å². The summed E-state index contributed by atoms with van der Waals surface area (Å²) in [6, 6.07) is 37.3. The van der Waals surface area contributed by atoms with E-state index in [9.17, 15) is 4.79 Å². The fraction of sp³-hybridized carbons (Fsp3) is 0.200. The first-order chi connectivity index (χ1) is 20.2. The molecule has 0 saturated heterocycles. The fourth-order valence-electron chi connectivity index (χ4n) is 5.66. The van der Waals surface area contributed by atoms with Crippen molar-refractivity contribution in [2.75, 3.05) is 13.2 Å². The molecule has 1 heterocycles. The zero-order chi connectivity index (χ0) is 28.0. The molecule has 0 saturated carbocycles. The molecule has 0 radical (unpaired) electrons. The summed E-state index contributed by atoms with van der Waals surface area (Å²) in [6.45, 7) is 0.221. The normalized spacial score (nSPS) is 14.3. The quantitative estimate of drug-likeness (QED) is 0.201. The molecule has 1 atom stereocenters. The molecule has 1 aliphatic rings. The monoisotopic (exact) mass is 544 g/mol. The highest BCUT2D eigenvalue weighted by molar-refractivity contribution is 5.81. The highest BCUT2D eigenvalue weighted by atomic mass is 16.5. The highest BCUT2D eigenvalue weighted by Crippen LogP contribution is 2.38. The molecular weight excluding hydrogens is 512 g/mol. The van der Waals surface area contributed by atoms with E-state index >= 15 is 0 Å². The van der Waals surface area contributed by atoms with E-state index < -0.39 is 5.97 Å². The maximum atomic E-state index is 11.0. The Morgan fingerprint density at radius 2 is 1.51 bits per heavy atom. The van der Waals surface area contributed by atoms with Crippen LogP contribution in [0.2, 0.25) is 0 Å². The van der Waals surface area contributed by atoms with Crippen molar-refractivity contribution >= 4 is 5.97 Å². The molecule has 6 heteroatoms. The third-order valence-corrected chi connectivity index (χ3v) is 7.61. The molecule has 1 aliphatic carbocycles. The van der Waals surface area contributed by atoms with Gasteiger partial charge in [-0.3, -0.25) is 4.57 Å². The molecule has 5 aromatic rings. The number of fused-ring (bicyclic) bond motifs is 1. The SMILES string of the molecule is O=C(O)COc1cccc2c1CCC(CCOc1nc(-c3ccccc3)c(-c3ccccc3)n1-c1ccccc1)C2. The van der Waals surface area contributed by atoms with Crippen LogP contribution in [0.1, 0.15) is 24.0 Å². The zero-order valence-corrected chi connectivity index (χ0v) is 22.8. The Balaban J connectivity index is 1.26. The summed E-state index contributed by atoms with van der Waals surface area (Å²) in [4.78, 5) is 16.1. The molecule has 206 valence electrons. The number of nitrogens with zero attached hydrogens (tertiary/aromatic N) is 2. The number of para-hydroxylation sites is 1. The second kappa shape index (κ2) is 12.1. The number of hydrogen-bond donors (Lipinski definition) is 1. The van der Waals surface area contributed by atoms with Crippen molar-refractivity contribution in [2.24, 2.45) is 5.92 Å². The number of hydrogen-bond acceptors (Lipinski definition) is 4. The molecule has 6 rings (SSSR count). The predicted octanol–water partition coefficient (Wildman–Crippen LogP) is 7.24. The molecule has 0 bridgehead atoms. The Morgan fingerprint density at radius 1 is 0.829 bits per heavy atom. The van der Waals surface area contributed by atoms with E-state index in [0.717, 1.165) is 59.4 Å². The van der Waals surface area contributed by atoms with Gasteiger partial charge >= 0.3 is 12.0 Å². The van der Waals surface area contributed by atoms with Crippen LogP contribution in [-0.4, -0.2) is 33.8 Å². The minimum atomic E-state index is -0.965. The van der Waals surface area contributed by atoms with Crippen molar-refractivity contribution < 1.29 is 19.4 Å². The van der Waals surface area contributed by atoms with Gasteiger partial charge in [-0.25, -0.2) is 4.79 Å². The van der Waals surface area contributed by atoms with E-state index in [1.807, 2.05) is 66.7 Å². The van der Waals surface area contributed by atoms with Gasteiger partial charge < -0.3 is 14.6 Å². The van der Waals surface area contributed by atoms with E-state index in [0.29, 0.717) is 24.3 Å². The van der Waals surface area contributed by atoms with E-state index in [-0.39, 0.29) is 6.61 Å². The van der Waals surface area contributed by atoms with Gasteiger partial charge in [-0.05, 0) is 60.9 Å². The van der Waals surface area contributed by atoms with Crippen LogP contribution in [0.15, 0.2) is 109 Å². The molecular formula is C35H32N2O4. The lowest BCUT2D eigenvalue weighted by Crippen LogP contribution is -2.19. The highest BCUT2D eigenvalue weighted by Gasteiger charge is 2.24. The molecule has 4 aromatic carbocycles. The molecule has 6 nitrogen and oxygen atoms in total. The maximum absolute atomic E-state index is 11.0. The van der Waals surface area contributed by atoms with E-state index in [1.165, 1.54) is 5.56 Å². The second-order valence-electron chi connectivity index (χ2n) is 10.3. The molecule has 0 fully saturated rings. The summed E-state index contributed by atoms with van der Waals surface area (Å²) >= 11 is 0. The summed E-state index contributed by atoms with van der Waals surface area (Å²) in [5.74, 6) is 0.180. The van der Waals surface area contributed by atoms with Crippen molar-refractivity contribution in [3.8, 4) is 40.0 Å². The average molecular weight is 545 g/mol. The van der Waals surface area contributed by atoms with Gasteiger partial charge in [0.1, 0.15) is 11.4 Å². The molecule has 0 amide bonds. The molecule has 1 unspecified atom stereocenters. The van der Waals surface area contributed by atoms with Crippen molar-refractivity contribution in [2.45, 2.75) is 25.7 Å². The molecule has 41 heavy (non-hydrogen) atoms. The van der Waals surface area contributed by atoms with Gasteiger partial charge in [0.05, 0.1) is 18.0 Å². The molecule has 0 aliphatic heterocycles. The third kappa shape index (κ3) is 5.87. The van der Waals surface area contributed by atoms with Crippen LogP contribution in [0.25, 0.3) is 28.2 Å². The number of ether oxygens (including phenoxy) is 2. The number of aliphatic carboxylic acids is 1. The fourth-order valence-corrected chi connectivity index (χ4v) is 5.66.